The SMILES string of the molecule is Cc1cccc(CSCCCNC(=O)CC2NC(=O)c3ccccc32)c1. The summed E-state index contributed by atoms with van der Waals surface area (Å²) in [5, 5.41) is 5.84. The molecule has 1 heterocycles. The largest absolute Gasteiger partial charge is 0.356 e. The summed E-state index contributed by atoms with van der Waals surface area (Å²) < 4.78 is 0. The number of hydrogen-bond donors (Lipinski definition) is 2. The lowest BCUT2D eigenvalue weighted by atomic mass is 10.0. The molecule has 26 heavy (non-hydrogen) atoms. The summed E-state index contributed by atoms with van der Waals surface area (Å²) in [4.78, 5) is 24.0. The van der Waals surface area contributed by atoms with Crippen molar-refractivity contribution in [1.82, 2.24) is 10.6 Å². The number of aryl methyl sites for hydroxylation is 1. The van der Waals surface area contributed by atoms with Crippen LogP contribution in [0.3, 0.4) is 0 Å². The molecule has 2 aromatic carbocycles. The summed E-state index contributed by atoms with van der Waals surface area (Å²) in [6, 6.07) is 15.8. The minimum atomic E-state index is -0.214. The van der Waals surface area contributed by atoms with Gasteiger partial charge in [-0.25, -0.2) is 0 Å². The van der Waals surface area contributed by atoms with Crippen LogP contribution < -0.4 is 10.6 Å². The molecule has 0 saturated carbocycles. The predicted octanol–water partition coefficient (Wildman–Crippen LogP) is 3.61. The van der Waals surface area contributed by atoms with Gasteiger partial charge in [-0.15, -0.1) is 0 Å². The van der Waals surface area contributed by atoms with E-state index in [1.54, 1.807) is 6.07 Å². The lowest BCUT2D eigenvalue weighted by molar-refractivity contribution is -0.121. The number of benzene rings is 2. The Morgan fingerprint density at radius 3 is 2.88 bits per heavy atom. The zero-order valence-corrected chi connectivity index (χ0v) is 15.8. The predicted molar refractivity (Wildman–Crippen MR) is 106 cm³/mol. The number of carbonyl (C=O) groups excluding carboxylic acids is 2. The van der Waals surface area contributed by atoms with Crippen LogP contribution in [-0.2, 0) is 10.5 Å². The summed E-state index contributed by atoms with van der Waals surface area (Å²) in [6.45, 7) is 2.77. The normalized spacial score (nSPS) is 15.4. The van der Waals surface area contributed by atoms with Gasteiger partial charge in [0.05, 0.1) is 12.5 Å². The molecule has 136 valence electrons. The molecule has 0 spiro atoms. The van der Waals surface area contributed by atoms with E-state index in [2.05, 4.69) is 41.8 Å². The van der Waals surface area contributed by atoms with Crippen LogP contribution in [0, 0.1) is 6.92 Å². The first-order valence-electron chi connectivity index (χ1n) is 8.93. The Labute approximate surface area is 158 Å². The number of fused-ring (bicyclic) bond motifs is 1. The standard InChI is InChI=1S/C21H24N2O2S/c1-15-6-4-7-16(12-15)14-26-11-5-10-22-20(24)13-19-17-8-2-3-9-18(17)21(25)23-19/h2-4,6-9,12,19H,5,10-11,13-14H2,1H3,(H,22,24)(H,23,25). The first kappa shape index (κ1) is 18.5. The van der Waals surface area contributed by atoms with Gasteiger partial charge in [-0.2, -0.15) is 11.8 Å². The molecule has 1 aliphatic rings. The highest BCUT2D eigenvalue weighted by atomic mass is 32.2. The van der Waals surface area contributed by atoms with Gasteiger partial charge in [0.25, 0.3) is 5.91 Å². The van der Waals surface area contributed by atoms with Gasteiger partial charge in [0, 0.05) is 17.9 Å². The van der Waals surface area contributed by atoms with E-state index in [-0.39, 0.29) is 17.9 Å². The second kappa shape index (κ2) is 8.90. The maximum absolute atomic E-state index is 12.1. The number of thioether (sulfide) groups is 1. The Balaban J connectivity index is 1.33. The number of rotatable bonds is 8. The Bertz CT molecular complexity index is 791. The average Bonchev–Trinajstić information content (AvgIpc) is 2.94. The van der Waals surface area contributed by atoms with Gasteiger partial charge in [0.2, 0.25) is 5.91 Å². The Kier molecular flexibility index (Phi) is 6.34. The van der Waals surface area contributed by atoms with Crippen molar-refractivity contribution in [1.29, 1.82) is 0 Å². The minimum absolute atomic E-state index is 0.0179. The zero-order chi connectivity index (χ0) is 18.4. The molecule has 0 saturated heterocycles. The molecule has 0 aliphatic carbocycles. The molecule has 1 unspecified atom stereocenters. The molecule has 3 rings (SSSR count). The van der Waals surface area contributed by atoms with Gasteiger partial charge >= 0.3 is 0 Å². The van der Waals surface area contributed by atoms with Crippen molar-refractivity contribution in [3.8, 4) is 0 Å². The van der Waals surface area contributed by atoms with E-state index in [4.69, 9.17) is 0 Å². The smallest absolute Gasteiger partial charge is 0.252 e. The third kappa shape index (κ3) is 4.88. The Hall–Kier alpha value is -2.27. The monoisotopic (exact) mass is 368 g/mol. The van der Waals surface area contributed by atoms with Gasteiger partial charge in [0.1, 0.15) is 0 Å². The first-order valence-corrected chi connectivity index (χ1v) is 10.1. The van der Waals surface area contributed by atoms with Crippen LogP contribution in [0.25, 0.3) is 0 Å². The maximum Gasteiger partial charge on any atom is 0.252 e. The van der Waals surface area contributed by atoms with Crippen molar-refractivity contribution in [2.24, 2.45) is 0 Å². The first-order chi connectivity index (χ1) is 12.6. The summed E-state index contributed by atoms with van der Waals surface area (Å²) in [7, 11) is 0. The van der Waals surface area contributed by atoms with Crippen molar-refractivity contribution < 1.29 is 9.59 Å². The zero-order valence-electron chi connectivity index (χ0n) is 15.0. The number of carbonyl (C=O) groups is 2. The highest BCUT2D eigenvalue weighted by molar-refractivity contribution is 7.98. The van der Waals surface area contributed by atoms with Gasteiger partial charge in [-0.3, -0.25) is 9.59 Å². The van der Waals surface area contributed by atoms with Gasteiger partial charge in [-0.05, 0) is 36.3 Å². The van der Waals surface area contributed by atoms with E-state index in [1.807, 2.05) is 30.0 Å². The van der Waals surface area contributed by atoms with Crippen LogP contribution in [0.15, 0.2) is 48.5 Å². The average molecular weight is 369 g/mol. The van der Waals surface area contributed by atoms with E-state index in [0.717, 1.165) is 23.5 Å². The van der Waals surface area contributed by atoms with Crippen LogP contribution in [0.4, 0.5) is 0 Å². The van der Waals surface area contributed by atoms with E-state index < -0.39 is 0 Å². The van der Waals surface area contributed by atoms with Crippen molar-refractivity contribution in [3.63, 3.8) is 0 Å². The molecule has 0 radical (unpaired) electrons. The summed E-state index contributed by atoms with van der Waals surface area (Å²) in [5.41, 5.74) is 4.23. The fourth-order valence-corrected chi connectivity index (χ4v) is 4.04. The Morgan fingerprint density at radius 1 is 1.19 bits per heavy atom. The molecule has 0 aromatic heterocycles. The third-order valence-electron chi connectivity index (χ3n) is 4.41. The summed E-state index contributed by atoms with van der Waals surface area (Å²) in [5.74, 6) is 1.90. The van der Waals surface area contributed by atoms with Crippen LogP contribution in [0.2, 0.25) is 0 Å². The van der Waals surface area contributed by atoms with Gasteiger partial charge in [-0.1, -0.05) is 48.0 Å². The van der Waals surface area contributed by atoms with Crippen molar-refractivity contribution in [2.75, 3.05) is 12.3 Å². The third-order valence-corrected chi connectivity index (χ3v) is 5.53. The fourth-order valence-electron chi connectivity index (χ4n) is 3.13. The molecule has 2 amide bonds. The second-order valence-electron chi connectivity index (χ2n) is 6.56. The molecule has 2 N–H and O–H groups in total. The van der Waals surface area contributed by atoms with Crippen molar-refractivity contribution >= 4 is 23.6 Å². The fraction of sp³-hybridized carbons (Fsp3) is 0.333. The quantitative estimate of drug-likeness (QED) is 0.700. The van der Waals surface area contributed by atoms with E-state index in [1.165, 1.54) is 11.1 Å². The molecular formula is C21H24N2O2S. The highest BCUT2D eigenvalue weighted by Gasteiger charge is 2.29. The van der Waals surface area contributed by atoms with Crippen molar-refractivity contribution in [2.45, 2.75) is 31.6 Å². The maximum atomic E-state index is 12.1. The van der Waals surface area contributed by atoms with E-state index in [9.17, 15) is 9.59 Å². The molecular weight excluding hydrogens is 344 g/mol. The van der Waals surface area contributed by atoms with Gasteiger partial charge in [0.15, 0.2) is 0 Å². The lowest BCUT2D eigenvalue weighted by Crippen LogP contribution is -2.29. The lowest BCUT2D eigenvalue weighted by Gasteiger charge is -2.12. The molecule has 5 heteroatoms. The van der Waals surface area contributed by atoms with Crippen LogP contribution >= 0.6 is 11.8 Å². The Morgan fingerprint density at radius 2 is 2.04 bits per heavy atom. The summed E-state index contributed by atoms with van der Waals surface area (Å²) in [6.07, 6.45) is 1.23. The molecule has 1 aliphatic heterocycles. The molecule has 2 aromatic rings. The minimum Gasteiger partial charge on any atom is -0.356 e. The molecule has 0 bridgehead atoms. The number of nitrogens with one attached hydrogen (secondary N) is 2. The molecule has 1 atom stereocenters. The van der Waals surface area contributed by atoms with Crippen LogP contribution in [0.1, 0.15) is 45.9 Å². The van der Waals surface area contributed by atoms with Gasteiger partial charge < -0.3 is 10.6 Å². The molecule has 4 nitrogen and oxygen atoms in total. The molecule has 0 fully saturated rings. The van der Waals surface area contributed by atoms with Crippen LogP contribution in [-0.4, -0.2) is 24.1 Å². The van der Waals surface area contributed by atoms with E-state index >= 15 is 0 Å². The number of hydrogen-bond acceptors (Lipinski definition) is 3. The van der Waals surface area contributed by atoms with E-state index in [0.29, 0.717) is 18.5 Å². The topological polar surface area (TPSA) is 58.2 Å². The van der Waals surface area contributed by atoms with Crippen molar-refractivity contribution in [3.05, 3.63) is 70.8 Å². The second-order valence-corrected chi connectivity index (χ2v) is 7.67. The highest BCUT2D eigenvalue weighted by Crippen LogP contribution is 2.27. The number of amides is 2. The summed E-state index contributed by atoms with van der Waals surface area (Å²) >= 11 is 1.88. The van der Waals surface area contributed by atoms with Crippen LogP contribution in [0.5, 0.6) is 0 Å².